The summed E-state index contributed by atoms with van der Waals surface area (Å²) in [6.07, 6.45) is 0.893. The van der Waals surface area contributed by atoms with E-state index in [0.717, 1.165) is 17.5 Å². The Morgan fingerprint density at radius 1 is 1.10 bits per heavy atom. The third-order valence-corrected chi connectivity index (χ3v) is 3.81. The van der Waals surface area contributed by atoms with Crippen LogP contribution in [0.4, 0.5) is 0 Å². The minimum Gasteiger partial charge on any atom is -0.384 e. The Bertz CT molecular complexity index is 569. The first-order valence-electron chi connectivity index (χ1n) is 6.40. The normalized spacial score (nSPS) is 12.4. The number of methoxy groups -OCH3 is 1. The molecule has 0 amide bonds. The topological polar surface area (TPSA) is 35.2 Å². The molecule has 0 aromatic heterocycles. The molecule has 2 nitrogen and oxygen atoms in total. The van der Waals surface area contributed by atoms with Gasteiger partial charge in [-0.2, -0.15) is 0 Å². The molecule has 20 heavy (non-hydrogen) atoms. The molecule has 0 aliphatic carbocycles. The fourth-order valence-corrected chi connectivity index (χ4v) is 2.46. The van der Waals surface area contributed by atoms with Gasteiger partial charge in [-0.3, -0.25) is 0 Å². The Balaban J connectivity index is 2.20. The SMILES string of the molecule is COCCc1ccc(C(N)c2cc(Cl)ccc2Cl)cc1. The third kappa shape index (κ3) is 3.74. The van der Waals surface area contributed by atoms with Gasteiger partial charge in [0.05, 0.1) is 12.6 Å². The number of hydrogen-bond donors (Lipinski definition) is 1. The fourth-order valence-electron chi connectivity index (χ4n) is 2.04. The van der Waals surface area contributed by atoms with Gasteiger partial charge in [0.25, 0.3) is 0 Å². The van der Waals surface area contributed by atoms with Gasteiger partial charge in [0.15, 0.2) is 0 Å². The molecule has 0 saturated heterocycles. The summed E-state index contributed by atoms with van der Waals surface area (Å²) < 4.78 is 5.06. The summed E-state index contributed by atoms with van der Waals surface area (Å²) >= 11 is 12.2. The predicted molar refractivity (Wildman–Crippen MR) is 84.5 cm³/mol. The van der Waals surface area contributed by atoms with E-state index >= 15 is 0 Å². The average Bonchev–Trinajstić information content (AvgIpc) is 2.47. The van der Waals surface area contributed by atoms with Crippen LogP contribution in [0.2, 0.25) is 10.0 Å². The van der Waals surface area contributed by atoms with Crippen LogP contribution in [0.15, 0.2) is 42.5 Å². The molecule has 0 bridgehead atoms. The Hall–Kier alpha value is -1.06. The van der Waals surface area contributed by atoms with E-state index in [4.69, 9.17) is 33.7 Å². The van der Waals surface area contributed by atoms with Gasteiger partial charge >= 0.3 is 0 Å². The van der Waals surface area contributed by atoms with Crippen LogP contribution in [0.25, 0.3) is 0 Å². The summed E-state index contributed by atoms with van der Waals surface area (Å²) in [6.45, 7) is 0.714. The molecule has 2 rings (SSSR count). The first-order chi connectivity index (χ1) is 9.61. The minimum atomic E-state index is -0.280. The lowest BCUT2D eigenvalue weighted by Crippen LogP contribution is -2.12. The lowest BCUT2D eigenvalue weighted by Gasteiger charge is -2.15. The highest BCUT2D eigenvalue weighted by Crippen LogP contribution is 2.29. The monoisotopic (exact) mass is 309 g/mol. The highest BCUT2D eigenvalue weighted by molar-refractivity contribution is 6.33. The molecule has 1 unspecified atom stereocenters. The molecule has 1 atom stereocenters. The summed E-state index contributed by atoms with van der Waals surface area (Å²) in [7, 11) is 1.70. The summed E-state index contributed by atoms with van der Waals surface area (Å²) in [6, 6.07) is 13.2. The van der Waals surface area contributed by atoms with Gasteiger partial charge < -0.3 is 10.5 Å². The van der Waals surface area contributed by atoms with E-state index in [9.17, 15) is 0 Å². The molecule has 2 aromatic rings. The van der Waals surface area contributed by atoms with Crippen LogP contribution in [0.1, 0.15) is 22.7 Å². The van der Waals surface area contributed by atoms with E-state index in [1.54, 1.807) is 19.2 Å². The second-order valence-corrected chi connectivity index (χ2v) is 5.47. The van der Waals surface area contributed by atoms with Crippen molar-refractivity contribution in [2.24, 2.45) is 5.73 Å². The van der Waals surface area contributed by atoms with Gasteiger partial charge in [-0.25, -0.2) is 0 Å². The molecule has 0 aliphatic heterocycles. The number of benzene rings is 2. The van der Waals surface area contributed by atoms with Gasteiger partial charge in [-0.1, -0.05) is 47.5 Å². The van der Waals surface area contributed by atoms with Crippen molar-refractivity contribution in [2.45, 2.75) is 12.5 Å². The van der Waals surface area contributed by atoms with E-state index in [1.807, 2.05) is 18.2 Å². The molecule has 2 aromatic carbocycles. The number of nitrogens with two attached hydrogens (primary N) is 1. The van der Waals surface area contributed by atoms with Crippen LogP contribution in [0.5, 0.6) is 0 Å². The highest BCUT2D eigenvalue weighted by Gasteiger charge is 2.13. The van der Waals surface area contributed by atoms with E-state index in [2.05, 4.69) is 12.1 Å². The summed E-state index contributed by atoms with van der Waals surface area (Å²) in [4.78, 5) is 0. The first kappa shape index (κ1) is 15.3. The molecule has 0 aliphatic rings. The quantitative estimate of drug-likeness (QED) is 0.897. The van der Waals surface area contributed by atoms with E-state index in [1.165, 1.54) is 5.56 Å². The van der Waals surface area contributed by atoms with Crippen molar-refractivity contribution in [1.29, 1.82) is 0 Å². The zero-order valence-corrected chi connectivity index (χ0v) is 12.8. The van der Waals surface area contributed by atoms with Crippen molar-refractivity contribution in [1.82, 2.24) is 0 Å². The second-order valence-electron chi connectivity index (χ2n) is 4.63. The minimum absolute atomic E-state index is 0.280. The summed E-state index contributed by atoms with van der Waals surface area (Å²) in [5.41, 5.74) is 9.34. The summed E-state index contributed by atoms with van der Waals surface area (Å²) in [5.74, 6) is 0. The molecule has 0 saturated carbocycles. The fraction of sp³-hybridized carbons (Fsp3) is 0.250. The molecule has 2 N–H and O–H groups in total. The number of hydrogen-bond acceptors (Lipinski definition) is 2. The second kappa shape index (κ2) is 7.09. The molecule has 0 heterocycles. The maximum absolute atomic E-state index is 6.27. The van der Waals surface area contributed by atoms with Crippen molar-refractivity contribution in [3.8, 4) is 0 Å². The van der Waals surface area contributed by atoms with Gasteiger partial charge in [0, 0.05) is 17.2 Å². The number of halogens is 2. The van der Waals surface area contributed by atoms with Crippen LogP contribution >= 0.6 is 23.2 Å². The lowest BCUT2D eigenvalue weighted by molar-refractivity contribution is 0.202. The van der Waals surface area contributed by atoms with Crippen LogP contribution in [0, 0.1) is 0 Å². The molecule has 0 fully saturated rings. The molecular formula is C16H17Cl2NO. The Kier molecular flexibility index (Phi) is 5.44. The van der Waals surface area contributed by atoms with Crippen LogP contribution in [-0.4, -0.2) is 13.7 Å². The van der Waals surface area contributed by atoms with Crippen molar-refractivity contribution >= 4 is 23.2 Å². The Morgan fingerprint density at radius 3 is 2.45 bits per heavy atom. The molecule has 0 spiro atoms. The number of ether oxygens (including phenoxy) is 1. The van der Waals surface area contributed by atoms with Gasteiger partial charge in [0.2, 0.25) is 0 Å². The van der Waals surface area contributed by atoms with Crippen molar-refractivity contribution in [3.63, 3.8) is 0 Å². The van der Waals surface area contributed by atoms with E-state index in [0.29, 0.717) is 16.7 Å². The van der Waals surface area contributed by atoms with Crippen LogP contribution in [-0.2, 0) is 11.2 Å². The Morgan fingerprint density at radius 2 is 1.80 bits per heavy atom. The predicted octanol–water partition coefficient (Wildman–Crippen LogP) is 4.23. The smallest absolute Gasteiger partial charge is 0.0566 e. The largest absolute Gasteiger partial charge is 0.384 e. The lowest BCUT2D eigenvalue weighted by atomic mass is 9.98. The molecular weight excluding hydrogens is 293 g/mol. The maximum Gasteiger partial charge on any atom is 0.0566 e. The van der Waals surface area contributed by atoms with Gasteiger partial charge in [-0.05, 0) is 41.3 Å². The summed E-state index contributed by atoms with van der Waals surface area (Å²) in [5, 5.41) is 1.27. The maximum atomic E-state index is 6.27. The van der Waals surface area contributed by atoms with Gasteiger partial charge in [0.1, 0.15) is 0 Å². The van der Waals surface area contributed by atoms with Crippen molar-refractivity contribution in [2.75, 3.05) is 13.7 Å². The van der Waals surface area contributed by atoms with Crippen molar-refractivity contribution in [3.05, 3.63) is 69.2 Å². The van der Waals surface area contributed by atoms with E-state index in [-0.39, 0.29) is 6.04 Å². The van der Waals surface area contributed by atoms with Crippen LogP contribution in [0.3, 0.4) is 0 Å². The molecule has 0 radical (unpaired) electrons. The zero-order valence-electron chi connectivity index (χ0n) is 11.3. The standard InChI is InChI=1S/C16H17Cl2NO/c1-20-9-8-11-2-4-12(5-3-11)16(19)14-10-13(17)6-7-15(14)18/h2-7,10,16H,8-9,19H2,1H3. The molecule has 4 heteroatoms. The average molecular weight is 310 g/mol. The van der Waals surface area contributed by atoms with Crippen molar-refractivity contribution < 1.29 is 4.74 Å². The molecule has 106 valence electrons. The zero-order chi connectivity index (χ0) is 14.5. The number of rotatable bonds is 5. The highest BCUT2D eigenvalue weighted by atomic mass is 35.5. The first-order valence-corrected chi connectivity index (χ1v) is 7.15. The Labute approximate surface area is 129 Å². The third-order valence-electron chi connectivity index (χ3n) is 3.23. The van der Waals surface area contributed by atoms with Crippen LogP contribution < -0.4 is 5.73 Å². The van der Waals surface area contributed by atoms with Gasteiger partial charge in [-0.15, -0.1) is 0 Å². The van der Waals surface area contributed by atoms with E-state index < -0.39 is 0 Å².